The Morgan fingerprint density at radius 2 is 1.09 bits per heavy atom. The molecule has 0 N–H and O–H groups in total. The van der Waals surface area contributed by atoms with Crippen LogP contribution in [0.4, 0.5) is 0 Å². The van der Waals surface area contributed by atoms with E-state index < -0.39 is 9.84 Å². The van der Waals surface area contributed by atoms with Gasteiger partial charge in [-0.2, -0.15) is 0 Å². The van der Waals surface area contributed by atoms with Crippen LogP contribution in [0.5, 0.6) is 0 Å². The molecule has 0 aromatic heterocycles. The van der Waals surface area contributed by atoms with Gasteiger partial charge in [-0.25, -0.2) is 8.42 Å². The molecule has 0 aliphatic carbocycles. The van der Waals surface area contributed by atoms with E-state index >= 15 is 0 Å². The zero-order chi connectivity index (χ0) is 16.8. The quantitative estimate of drug-likeness (QED) is 0.785. The van der Waals surface area contributed by atoms with Crippen molar-refractivity contribution in [3.63, 3.8) is 0 Å². The normalized spacial score (nSPS) is 9.82. The number of rotatable bonds is 5. The summed E-state index contributed by atoms with van der Waals surface area (Å²) in [4.78, 5) is 0. The van der Waals surface area contributed by atoms with E-state index in [2.05, 4.69) is 0 Å². The van der Waals surface area contributed by atoms with Crippen LogP contribution < -0.4 is 0 Å². The SMILES string of the molecule is CC.CC.O=S(=O)(CCc1ccccc1)Cc1ccccc1. The molecule has 2 rings (SSSR count). The van der Waals surface area contributed by atoms with Gasteiger partial charge >= 0.3 is 0 Å². The number of sulfone groups is 1. The highest BCUT2D eigenvalue weighted by Gasteiger charge is 2.11. The van der Waals surface area contributed by atoms with Crippen molar-refractivity contribution in [1.82, 2.24) is 0 Å². The van der Waals surface area contributed by atoms with Crippen LogP contribution in [0.25, 0.3) is 0 Å². The third-order valence-electron chi connectivity index (χ3n) is 2.77. The number of benzene rings is 2. The molecule has 0 fully saturated rings. The van der Waals surface area contributed by atoms with Gasteiger partial charge in [0.25, 0.3) is 0 Å². The summed E-state index contributed by atoms with van der Waals surface area (Å²) in [5.41, 5.74) is 1.92. The van der Waals surface area contributed by atoms with Crippen molar-refractivity contribution in [3.8, 4) is 0 Å². The topological polar surface area (TPSA) is 34.1 Å². The molecule has 0 radical (unpaired) electrons. The Kier molecular flexibility index (Phi) is 11.1. The predicted octanol–water partition coefficient (Wildman–Crippen LogP) is 4.90. The lowest BCUT2D eigenvalue weighted by Gasteiger charge is -2.04. The molecular weight excluding hydrogens is 292 g/mol. The van der Waals surface area contributed by atoms with Gasteiger partial charge in [-0.3, -0.25) is 0 Å². The summed E-state index contributed by atoms with van der Waals surface area (Å²) in [7, 11) is -3.03. The van der Waals surface area contributed by atoms with Gasteiger partial charge in [0.1, 0.15) is 0 Å². The molecule has 0 spiro atoms. The maximum Gasteiger partial charge on any atom is 0.154 e. The lowest BCUT2D eigenvalue weighted by Crippen LogP contribution is -2.11. The summed E-state index contributed by atoms with van der Waals surface area (Å²) in [5, 5.41) is 0. The number of hydrogen-bond donors (Lipinski definition) is 0. The molecule has 22 heavy (non-hydrogen) atoms. The zero-order valence-electron chi connectivity index (χ0n) is 14.1. The third kappa shape index (κ3) is 8.63. The average molecular weight is 320 g/mol. The van der Waals surface area contributed by atoms with Crippen LogP contribution >= 0.6 is 0 Å². The largest absolute Gasteiger partial charge is 0.228 e. The molecule has 0 aliphatic heterocycles. The summed E-state index contributed by atoms with van der Waals surface area (Å²) in [6, 6.07) is 19.0. The van der Waals surface area contributed by atoms with E-state index in [1.807, 2.05) is 88.4 Å². The molecule has 2 nitrogen and oxygen atoms in total. The Balaban J connectivity index is 0.00000102. The first-order valence-electron chi connectivity index (χ1n) is 7.94. The monoisotopic (exact) mass is 320 g/mol. The summed E-state index contributed by atoms with van der Waals surface area (Å²) >= 11 is 0. The molecule has 122 valence electrons. The second-order valence-corrected chi connectivity index (χ2v) is 6.50. The van der Waals surface area contributed by atoms with Crippen molar-refractivity contribution in [2.45, 2.75) is 39.9 Å². The van der Waals surface area contributed by atoms with Crippen molar-refractivity contribution in [1.29, 1.82) is 0 Å². The van der Waals surface area contributed by atoms with Gasteiger partial charge in [0.05, 0.1) is 11.5 Å². The minimum Gasteiger partial charge on any atom is -0.228 e. The first-order chi connectivity index (χ1) is 10.7. The summed E-state index contributed by atoms with van der Waals surface area (Å²) in [5.74, 6) is 0.326. The molecule has 0 heterocycles. The molecule has 0 saturated carbocycles. The molecule has 0 aliphatic rings. The minimum absolute atomic E-state index is 0.126. The van der Waals surface area contributed by atoms with Gasteiger partial charge in [0.15, 0.2) is 9.84 Å². The van der Waals surface area contributed by atoms with Crippen LogP contribution in [-0.4, -0.2) is 14.2 Å². The van der Waals surface area contributed by atoms with Gasteiger partial charge < -0.3 is 0 Å². The highest BCUT2D eigenvalue weighted by Crippen LogP contribution is 2.08. The molecule has 2 aromatic carbocycles. The van der Waals surface area contributed by atoms with Crippen molar-refractivity contribution < 1.29 is 8.42 Å². The fourth-order valence-corrected chi connectivity index (χ4v) is 3.21. The lowest BCUT2D eigenvalue weighted by atomic mass is 10.2. The van der Waals surface area contributed by atoms with Crippen LogP contribution in [-0.2, 0) is 22.0 Å². The Morgan fingerprint density at radius 3 is 1.55 bits per heavy atom. The van der Waals surface area contributed by atoms with Crippen LogP contribution in [0.1, 0.15) is 38.8 Å². The lowest BCUT2D eigenvalue weighted by molar-refractivity contribution is 0.594. The second-order valence-electron chi connectivity index (χ2n) is 4.31. The first kappa shape index (κ1) is 20.4. The van der Waals surface area contributed by atoms with Crippen LogP contribution in [0, 0.1) is 0 Å². The summed E-state index contributed by atoms with van der Waals surface area (Å²) < 4.78 is 23.9. The zero-order valence-corrected chi connectivity index (χ0v) is 14.9. The number of aryl methyl sites for hydroxylation is 1. The van der Waals surface area contributed by atoms with Crippen molar-refractivity contribution >= 4 is 9.84 Å². The maximum atomic E-state index is 12.0. The van der Waals surface area contributed by atoms with Crippen LogP contribution in [0.3, 0.4) is 0 Å². The van der Waals surface area contributed by atoms with E-state index in [0.717, 1.165) is 11.1 Å². The molecule has 0 saturated heterocycles. The van der Waals surface area contributed by atoms with E-state index in [1.54, 1.807) is 0 Å². The molecule has 2 aromatic rings. The Morgan fingerprint density at radius 1 is 0.682 bits per heavy atom. The van der Waals surface area contributed by atoms with Gasteiger partial charge in [0.2, 0.25) is 0 Å². The van der Waals surface area contributed by atoms with Gasteiger partial charge in [0, 0.05) is 0 Å². The van der Waals surface area contributed by atoms with Crippen molar-refractivity contribution in [2.75, 3.05) is 5.75 Å². The van der Waals surface area contributed by atoms with Gasteiger partial charge in [-0.05, 0) is 17.5 Å². The summed E-state index contributed by atoms with van der Waals surface area (Å²) in [6.45, 7) is 8.00. The van der Waals surface area contributed by atoms with Gasteiger partial charge in [-0.1, -0.05) is 88.4 Å². The summed E-state index contributed by atoms with van der Waals surface area (Å²) in [6.07, 6.45) is 0.579. The Hall–Kier alpha value is -1.61. The maximum absolute atomic E-state index is 12.0. The fourth-order valence-electron chi connectivity index (χ4n) is 1.82. The minimum atomic E-state index is -3.03. The number of hydrogen-bond acceptors (Lipinski definition) is 2. The van der Waals surface area contributed by atoms with E-state index in [0.29, 0.717) is 6.42 Å². The third-order valence-corrected chi connectivity index (χ3v) is 4.37. The van der Waals surface area contributed by atoms with Crippen LogP contribution in [0.15, 0.2) is 60.7 Å². The Bertz CT molecular complexity index is 575. The molecule has 0 unspecified atom stereocenters. The standard InChI is InChI=1S/C15H16O2S.2C2H6/c16-18(17,13-15-9-5-2-6-10-15)12-11-14-7-3-1-4-8-14;2*1-2/h1-10H,11-13H2;2*1-2H3. The highest BCUT2D eigenvalue weighted by atomic mass is 32.2. The highest BCUT2D eigenvalue weighted by molar-refractivity contribution is 7.90. The Labute approximate surface area is 136 Å². The van der Waals surface area contributed by atoms with Crippen molar-refractivity contribution in [3.05, 3.63) is 71.8 Å². The first-order valence-corrected chi connectivity index (χ1v) is 9.76. The van der Waals surface area contributed by atoms with E-state index in [9.17, 15) is 8.42 Å². The van der Waals surface area contributed by atoms with E-state index in [1.165, 1.54) is 0 Å². The molecule has 0 atom stereocenters. The second kappa shape index (κ2) is 12.0. The van der Waals surface area contributed by atoms with E-state index in [-0.39, 0.29) is 11.5 Å². The fraction of sp³-hybridized carbons (Fsp3) is 0.368. The van der Waals surface area contributed by atoms with Crippen LogP contribution in [0.2, 0.25) is 0 Å². The van der Waals surface area contributed by atoms with Crippen molar-refractivity contribution in [2.24, 2.45) is 0 Å². The predicted molar refractivity (Wildman–Crippen MR) is 96.8 cm³/mol. The van der Waals surface area contributed by atoms with Gasteiger partial charge in [-0.15, -0.1) is 0 Å². The molecule has 3 heteroatoms. The molecule has 0 bridgehead atoms. The smallest absolute Gasteiger partial charge is 0.154 e. The molecule has 0 amide bonds. The molecular formula is C19H28O2S. The average Bonchev–Trinajstić information content (AvgIpc) is 2.58. The van der Waals surface area contributed by atoms with E-state index in [4.69, 9.17) is 0 Å².